The summed E-state index contributed by atoms with van der Waals surface area (Å²) >= 11 is 1.57. The van der Waals surface area contributed by atoms with E-state index in [-0.39, 0.29) is 35.5 Å². The number of hydrogen-bond acceptors (Lipinski definition) is 6. The van der Waals surface area contributed by atoms with Crippen molar-refractivity contribution < 1.29 is 18.1 Å². The van der Waals surface area contributed by atoms with E-state index in [1.165, 1.54) is 16.4 Å². The number of piperidine rings is 1. The number of aryl methyl sites for hydroxylation is 1. The van der Waals surface area contributed by atoms with Gasteiger partial charge in [-0.3, -0.25) is 14.9 Å². The first-order valence-electron chi connectivity index (χ1n) is 8.84. The van der Waals surface area contributed by atoms with E-state index in [2.05, 4.69) is 5.32 Å². The fraction of sp³-hybridized carbons (Fsp3) is 0.389. The van der Waals surface area contributed by atoms with E-state index in [4.69, 9.17) is 0 Å². The van der Waals surface area contributed by atoms with Gasteiger partial charge in [0.1, 0.15) is 0 Å². The van der Waals surface area contributed by atoms with Crippen LogP contribution in [-0.4, -0.2) is 36.6 Å². The number of carbonyl (C=O) groups is 1. The fourth-order valence-electron chi connectivity index (χ4n) is 3.21. The van der Waals surface area contributed by atoms with Gasteiger partial charge >= 0.3 is 0 Å². The molecule has 0 aliphatic carbocycles. The van der Waals surface area contributed by atoms with Crippen LogP contribution in [0.5, 0.6) is 0 Å². The van der Waals surface area contributed by atoms with Crippen LogP contribution in [0.25, 0.3) is 0 Å². The molecule has 0 bridgehead atoms. The summed E-state index contributed by atoms with van der Waals surface area (Å²) in [6.07, 6.45) is 0.840. The number of thiophene rings is 1. The van der Waals surface area contributed by atoms with Gasteiger partial charge in [-0.05, 0) is 36.8 Å². The summed E-state index contributed by atoms with van der Waals surface area (Å²) in [6.45, 7) is 2.51. The Kier molecular flexibility index (Phi) is 6.11. The van der Waals surface area contributed by atoms with Gasteiger partial charge in [-0.1, -0.05) is 12.1 Å². The van der Waals surface area contributed by atoms with Gasteiger partial charge in [-0.25, -0.2) is 8.42 Å². The predicted octanol–water partition coefficient (Wildman–Crippen LogP) is 2.68. The Bertz CT molecular complexity index is 965. The second-order valence-corrected chi connectivity index (χ2v) is 9.62. The first-order chi connectivity index (χ1) is 13.3. The van der Waals surface area contributed by atoms with Crippen LogP contribution in [0.2, 0.25) is 0 Å². The Morgan fingerprint density at radius 3 is 2.64 bits per heavy atom. The molecule has 0 saturated carbocycles. The number of sulfonamides is 1. The standard InChI is InChI=1S/C18H21N3O5S2/c1-13-4-5-15(21(23)24)11-17(13)28(25,26)20-8-6-14(7-9-20)18(22)19-12-16-3-2-10-27-16/h2-5,10-11,14H,6-9,12H2,1H3,(H,19,22). The smallest absolute Gasteiger partial charge is 0.270 e. The number of nitrogens with zero attached hydrogens (tertiary/aromatic N) is 2. The molecule has 8 nitrogen and oxygen atoms in total. The topological polar surface area (TPSA) is 110 Å². The SMILES string of the molecule is Cc1ccc([N+](=O)[O-])cc1S(=O)(=O)N1CCC(C(=O)NCc2cccs2)CC1. The summed E-state index contributed by atoms with van der Waals surface area (Å²) in [5.41, 5.74) is 0.202. The third kappa shape index (κ3) is 4.40. The van der Waals surface area contributed by atoms with Crippen molar-refractivity contribution in [2.45, 2.75) is 31.2 Å². The molecule has 3 rings (SSSR count). The lowest BCUT2D eigenvalue weighted by Crippen LogP contribution is -2.43. The van der Waals surface area contributed by atoms with Crippen molar-refractivity contribution in [3.05, 3.63) is 56.3 Å². The van der Waals surface area contributed by atoms with Crippen LogP contribution in [0.1, 0.15) is 23.3 Å². The minimum atomic E-state index is -3.85. The average Bonchev–Trinajstić information content (AvgIpc) is 3.20. The lowest BCUT2D eigenvalue weighted by molar-refractivity contribution is -0.385. The monoisotopic (exact) mass is 423 g/mol. The molecule has 1 amide bonds. The zero-order valence-electron chi connectivity index (χ0n) is 15.3. The van der Waals surface area contributed by atoms with E-state index in [0.29, 0.717) is 24.9 Å². The van der Waals surface area contributed by atoms with Crippen LogP contribution < -0.4 is 5.32 Å². The van der Waals surface area contributed by atoms with Gasteiger partial charge < -0.3 is 5.32 Å². The lowest BCUT2D eigenvalue weighted by atomic mass is 9.97. The summed E-state index contributed by atoms with van der Waals surface area (Å²) < 4.78 is 27.2. The third-order valence-electron chi connectivity index (χ3n) is 4.84. The zero-order valence-corrected chi connectivity index (χ0v) is 17.0. The van der Waals surface area contributed by atoms with Gasteiger partial charge in [0.25, 0.3) is 5.69 Å². The maximum absolute atomic E-state index is 12.9. The highest BCUT2D eigenvalue weighted by atomic mass is 32.2. The third-order valence-corrected chi connectivity index (χ3v) is 7.76. The van der Waals surface area contributed by atoms with Gasteiger partial charge in [0, 0.05) is 36.0 Å². The van der Waals surface area contributed by atoms with Crippen molar-refractivity contribution in [3.63, 3.8) is 0 Å². The van der Waals surface area contributed by atoms with Crippen LogP contribution in [0, 0.1) is 23.0 Å². The highest BCUT2D eigenvalue weighted by molar-refractivity contribution is 7.89. The van der Waals surface area contributed by atoms with Crippen LogP contribution >= 0.6 is 11.3 Å². The minimum Gasteiger partial charge on any atom is -0.351 e. The normalized spacial score (nSPS) is 16.0. The number of nitro benzene ring substituents is 1. The second kappa shape index (κ2) is 8.38. The van der Waals surface area contributed by atoms with Gasteiger partial charge in [0.15, 0.2) is 0 Å². The molecule has 0 radical (unpaired) electrons. The van der Waals surface area contributed by atoms with Crippen molar-refractivity contribution in [3.8, 4) is 0 Å². The first-order valence-corrected chi connectivity index (χ1v) is 11.2. The first kappa shape index (κ1) is 20.4. The predicted molar refractivity (Wildman–Crippen MR) is 105 cm³/mol. The number of non-ortho nitro benzene ring substituents is 1. The number of carbonyl (C=O) groups excluding carboxylic acids is 1. The van der Waals surface area contributed by atoms with Crippen LogP contribution in [0.3, 0.4) is 0 Å². The van der Waals surface area contributed by atoms with Gasteiger partial charge in [-0.15, -0.1) is 11.3 Å². The molecule has 0 spiro atoms. The number of nitrogens with one attached hydrogen (secondary N) is 1. The van der Waals surface area contributed by atoms with Gasteiger partial charge in [-0.2, -0.15) is 4.31 Å². The number of benzene rings is 1. The Balaban J connectivity index is 1.64. The maximum atomic E-state index is 12.9. The Morgan fingerprint density at radius 2 is 2.04 bits per heavy atom. The van der Waals surface area contributed by atoms with Crippen molar-refractivity contribution in [1.82, 2.24) is 9.62 Å². The fourth-order valence-corrected chi connectivity index (χ4v) is 5.57. The molecule has 1 aliphatic rings. The summed E-state index contributed by atoms with van der Waals surface area (Å²) in [4.78, 5) is 23.7. The van der Waals surface area contributed by atoms with Crippen molar-refractivity contribution in [2.24, 2.45) is 5.92 Å². The highest BCUT2D eigenvalue weighted by Crippen LogP contribution is 2.28. The molecule has 1 aromatic heterocycles. The Morgan fingerprint density at radius 1 is 1.32 bits per heavy atom. The summed E-state index contributed by atoms with van der Waals surface area (Å²) in [5.74, 6) is -0.311. The number of nitro groups is 1. The molecule has 1 fully saturated rings. The molecule has 1 aromatic carbocycles. The second-order valence-electron chi connectivity index (χ2n) is 6.68. The molecule has 1 saturated heterocycles. The van der Waals surface area contributed by atoms with Crippen molar-refractivity contribution in [2.75, 3.05) is 13.1 Å². The molecule has 1 aliphatic heterocycles. The lowest BCUT2D eigenvalue weighted by Gasteiger charge is -2.30. The summed E-state index contributed by atoms with van der Waals surface area (Å²) in [6, 6.07) is 7.70. The molecule has 2 heterocycles. The molecule has 2 aromatic rings. The summed E-state index contributed by atoms with van der Waals surface area (Å²) in [7, 11) is -3.85. The van der Waals surface area contributed by atoms with E-state index in [9.17, 15) is 23.3 Å². The molecule has 0 unspecified atom stereocenters. The average molecular weight is 424 g/mol. The molecule has 28 heavy (non-hydrogen) atoms. The van der Waals surface area contributed by atoms with E-state index in [1.807, 2.05) is 17.5 Å². The van der Waals surface area contributed by atoms with E-state index in [1.54, 1.807) is 18.3 Å². The highest BCUT2D eigenvalue weighted by Gasteiger charge is 2.33. The number of amides is 1. The maximum Gasteiger partial charge on any atom is 0.270 e. The van der Waals surface area contributed by atoms with Crippen LogP contribution in [0.15, 0.2) is 40.6 Å². The van der Waals surface area contributed by atoms with E-state index >= 15 is 0 Å². The molecule has 1 N–H and O–H groups in total. The summed E-state index contributed by atoms with van der Waals surface area (Å²) in [5, 5.41) is 15.8. The molecular formula is C18H21N3O5S2. The number of rotatable bonds is 6. The minimum absolute atomic E-state index is 0.0534. The Labute approximate surface area is 167 Å². The zero-order chi connectivity index (χ0) is 20.3. The Hall–Kier alpha value is -2.30. The van der Waals surface area contributed by atoms with Crippen LogP contribution in [-0.2, 0) is 21.4 Å². The molecule has 150 valence electrons. The van der Waals surface area contributed by atoms with Crippen LogP contribution in [0.4, 0.5) is 5.69 Å². The van der Waals surface area contributed by atoms with Crippen molar-refractivity contribution >= 4 is 33.0 Å². The van der Waals surface area contributed by atoms with E-state index in [0.717, 1.165) is 10.9 Å². The van der Waals surface area contributed by atoms with Gasteiger partial charge in [0.2, 0.25) is 15.9 Å². The molecular weight excluding hydrogens is 402 g/mol. The van der Waals surface area contributed by atoms with Gasteiger partial charge in [0.05, 0.1) is 16.4 Å². The molecule has 10 heteroatoms. The van der Waals surface area contributed by atoms with E-state index < -0.39 is 14.9 Å². The number of hydrogen-bond donors (Lipinski definition) is 1. The largest absolute Gasteiger partial charge is 0.351 e. The van der Waals surface area contributed by atoms with Crippen molar-refractivity contribution in [1.29, 1.82) is 0 Å². The molecule has 0 atom stereocenters. The quantitative estimate of drug-likeness (QED) is 0.567.